The maximum atomic E-state index is 13.0. The van der Waals surface area contributed by atoms with Crippen molar-refractivity contribution in [2.24, 2.45) is 5.73 Å². The summed E-state index contributed by atoms with van der Waals surface area (Å²) >= 11 is 1.41. The van der Waals surface area contributed by atoms with Crippen LogP contribution in [0.25, 0.3) is 0 Å². The van der Waals surface area contributed by atoms with E-state index in [1.165, 1.54) is 31.1 Å². The van der Waals surface area contributed by atoms with E-state index in [9.17, 15) is 19.5 Å². The first kappa shape index (κ1) is 25.4. The van der Waals surface area contributed by atoms with Crippen LogP contribution in [0.4, 0.5) is 4.79 Å². The van der Waals surface area contributed by atoms with Crippen molar-refractivity contribution >= 4 is 29.8 Å². The van der Waals surface area contributed by atoms with Crippen molar-refractivity contribution in [2.75, 3.05) is 33.9 Å². The Balaban J connectivity index is 1.54. The lowest BCUT2D eigenvalue weighted by atomic mass is 9.99. The van der Waals surface area contributed by atoms with E-state index in [-0.39, 0.29) is 36.6 Å². The summed E-state index contributed by atoms with van der Waals surface area (Å²) in [7, 11) is 2.95. The molecular weight excluding hydrogens is 486 g/mol. The second-order valence-corrected chi connectivity index (χ2v) is 9.47. The number of rotatable bonds is 7. The van der Waals surface area contributed by atoms with Crippen LogP contribution in [0.15, 0.2) is 41.1 Å². The number of nitrogens with two attached hydrogens (primary N) is 1. The molecule has 2 saturated heterocycles. The minimum absolute atomic E-state index is 0.0462. The molecule has 1 unspecified atom stereocenters. The first-order valence-corrected chi connectivity index (χ1v) is 12.0. The molecule has 0 spiro atoms. The van der Waals surface area contributed by atoms with Crippen LogP contribution in [-0.4, -0.2) is 77.7 Å². The number of imide groups is 1. The number of allylic oxidation sites excluding steroid dienone is 2. The number of carbonyl (C=O) groups excluding carboxylic acids is 3. The summed E-state index contributed by atoms with van der Waals surface area (Å²) in [5.74, 6) is 5.32. The Morgan fingerprint density at radius 2 is 2.17 bits per heavy atom. The van der Waals surface area contributed by atoms with Crippen molar-refractivity contribution in [3.63, 3.8) is 0 Å². The molecule has 3 heterocycles. The molecule has 0 aliphatic carbocycles. The molecule has 1 aromatic carbocycles. The van der Waals surface area contributed by atoms with E-state index in [1.807, 2.05) is 4.31 Å². The lowest BCUT2D eigenvalue weighted by molar-refractivity contribution is -0.122. The number of nitrogens with zero attached hydrogens (tertiary/aromatic N) is 2. The predicted octanol–water partition coefficient (Wildman–Crippen LogP) is 0.278. The summed E-state index contributed by atoms with van der Waals surface area (Å²) in [6.45, 7) is 1.41. The predicted molar refractivity (Wildman–Crippen MR) is 132 cm³/mol. The summed E-state index contributed by atoms with van der Waals surface area (Å²) in [4.78, 5) is 39.3. The third kappa shape index (κ3) is 5.28. The van der Waals surface area contributed by atoms with Gasteiger partial charge in [0.25, 0.3) is 11.8 Å². The second kappa shape index (κ2) is 10.5. The second-order valence-electron chi connectivity index (χ2n) is 8.47. The molecule has 4 amide bonds. The van der Waals surface area contributed by atoms with E-state index < -0.39 is 17.5 Å². The van der Waals surface area contributed by atoms with E-state index in [0.29, 0.717) is 17.9 Å². The van der Waals surface area contributed by atoms with Crippen LogP contribution >= 0.6 is 11.9 Å². The van der Waals surface area contributed by atoms with Crippen molar-refractivity contribution in [3.05, 3.63) is 52.3 Å². The fourth-order valence-electron chi connectivity index (χ4n) is 4.10. The number of methoxy groups -OCH3 is 2. The molecule has 0 aromatic heterocycles. The first-order valence-electron chi connectivity index (χ1n) is 11.2. The van der Waals surface area contributed by atoms with Gasteiger partial charge in [-0.1, -0.05) is 23.9 Å². The van der Waals surface area contributed by atoms with Crippen LogP contribution in [0.1, 0.15) is 22.3 Å². The maximum absolute atomic E-state index is 13.0. The number of ether oxygens (including phenoxy) is 2. The van der Waals surface area contributed by atoms with Crippen molar-refractivity contribution in [3.8, 4) is 17.6 Å². The standard InChI is InChI=1S/C24H27N5O6S/c1-34-17-4-3-15-12-28(21(31)18(15)11-17)14-24(22(32)26-23(33)27-24)8-5-19(25)20(35-2)7-10-36-29-9-6-16(30)13-29/h3-4,7,10-11,16,30H,6,9,12-14,25H2,1-2H3,(H2,26,27,32,33)/b10-7-,20-19+/t16?,24-/m1/s1. The van der Waals surface area contributed by atoms with Crippen LogP contribution in [-0.2, 0) is 16.1 Å². The summed E-state index contributed by atoms with van der Waals surface area (Å²) in [5.41, 5.74) is 5.73. The molecule has 0 saturated carbocycles. The highest BCUT2D eigenvalue weighted by atomic mass is 32.2. The van der Waals surface area contributed by atoms with Gasteiger partial charge >= 0.3 is 6.03 Å². The molecule has 11 nitrogen and oxygen atoms in total. The van der Waals surface area contributed by atoms with Gasteiger partial charge in [0.1, 0.15) is 11.4 Å². The molecule has 2 atom stereocenters. The van der Waals surface area contributed by atoms with Crippen LogP contribution in [0.5, 0.6) is 5.75 Å². The van der Waals surface area contributed by atoms with Gasteiger partial charge in [-0.25, -0.2) is 9.10 Å². The van der Waals surface area contributed by atoms with E-state index in [1.54, 1.807) is 29.7 Å². The number of aliphatic hydroxyl groups excluding tert-OH is 1. The molecule has 4 rings (SSSR count). The number of urea groups is 1. The molecule has 3 aliphatic heterocycles. The highest BCUT2D eigenvalue weighted by molar-refractivity contribution is 7.99. The molecule has 12 heteroatoms. The molecule has 1 aromatic rings. The Morgan fingerprint density at radius 3 is 2.81 bits per heavy atom. The smallest absolute Gasteiger partial charge is 0.323 e. The molecule has 190 valence electrons. The van der Waals surface area contributed by atoms with Crippen LogP contribution in [0, 0.1) is 11.8 Å². The first-order chi connectivity index (χ1) is 17.2. The topological polar surface area (TPSA) is 146 Å². The van der Waals surface area contributed by atoms with Gasteiger partial charge in [-0.15, -0.1) is 0 Å². The van der Waals surface area contributed by atoms with Crippen molar-refractivity contribution < 1.29 is 29.0 Å². The quantitative estimate of drug-likeness (QED) is 0.133. The fraction of sp³-hybridized carbons (Fsp3) is 0.375. The average molecular weight is 514 g/mol. The summed E-state index contributed by atoms with van der Waals surface area (Å²) < 4.78 is 12.5. The molecule has 5 N–H and O–H groups in total. The van der Waals surface area contributed by atoms with Gasteiger partial charge in [0.2, 0.25) is 5.54 Å². The average Bonchev–Trinajstić information content (AvgIpc) is 3.50. The number of hydrogen-bond donors (Lipinski definition) is 4. The zero-order chi connectivity index (χ0) is 25.9. The lowest BCUT2D eigenvalue weighted by Gasteiger charge is -2.26. The lowest BCUT2D eigenvalue weighted by Crippen LogP contribution is -2.54. The van der Waals surface area contributed by atoms with Gasteiger partial charge in [0, 0.05) is 25.2 Å². The molecule has 2 fully saturated rings. The van der Waals surface area contributed by atoms with Gasteiger partial charge in [0.05, 0.1) is 26.9 Å². The number of fused-ring (bicyclic) bond motifs is 1. The zero-order valence-electron chi connectivity index (χ0n) is 19.9. The van der Waals surface area contributed by atoms with Gasteiger partial charge in [-0.05, 0) is 41.5 Å². The third-order valence-corrected chi connectivity index (χ3v) is 6.90. The number of nitrogens with one attached hydrogen (secondary N) is 2. The SMILES string of the molecule is COC(/C=C\SN1CCC(O)C1)=C(/N)C#C[C@]1(CN2Cc3ccc(OC)cc3C2=O)NC(=O)NC1=O. The highest BCUT2D eigenvalue weighted by Gasteiger charge is 2.48. The number of carbonyl (C=O) groups is 3. The van der Waals surface area contributed by atoms with Gasteiger partial charge in [-0.3, -0.25) is 14.9 Å². The maximum Gasteiger partial charge on any atom is 0.323 e. The minimum atomic E-state index is -1.69. The zero-order valence-corrected chi connectivity index (χ0v) is 20.7. The Hall–Kier alpha value is -3.66. The van der Waals surface area contributed by atoms with Gasteiger partial charge in [0.15, 0.2) is 5.76 Å². The molecule has 0 radical (unpaired) electrons. The molecule has 0 bridgehead atoms. The minimum Gasteiger partial charge on any atom is -0.497 e. The largest absolute Gasteiger partial charge is 0.497 e. The van der Waals surface area contributed by atoms with Crippen molar-refractivity contribution in [1.29, 1.82) is 0 Å². The van der Waals surface area contributed by atoms with E-state index in [0.717, 1.165) is 18.5 Å². The van der Waals surface area contributed by atoms with Gasteiger partial charge < -0.3 is 30.5 Å². The summed E-state index contributed by atoms with van der Waals surface area (Å²) in [5, 5.41) is 16.1. The Bertz CT molecular complexity index is 1210. The van der Waals surface area contributed by atoms with E-state index in [4.69, 9.17) is 15.2 Å². The molecule has 36 heavy (non-hydrogen) atoms. The summed E-state index contributed by atoms with van der Waals surface area (Å²) in [6.07, 6.45) is 2.02. The number of β-amino-alcohol motifs (C(OH)–C–C–N with tert-alkyl or cyclic N) is 1. The highest BCUT2D eigenvalue weighted by Crippen LogP contribution is 2.28. The number of amides is 4. The van der Waals surface area contributed by atoms with Crippen molar-refractivity contribution in [1.82, 2.24) is 19.8 Å². The number of hydrogen-bond acceptors (Lipinski definition) is 9. The fourth-order valence-corrected chi connectivity index (χ4v) is 4.93. The van der Waals surface area contributed by atoms with Crippen LogP contribution in [0.2, 0.25) is 0 Å². The number of benzene rings is 1. The molecule has 3 aliphatic rings. The number of aliphatic hydroxyl groups is 1. The van der Waals surface area contributed by atoms with Crippen molar-refractivity contribution in [2.45, 2.75) is 24.6 Å². The van der Waals surface area contributed by atoms with Crippen LogP contribution in [0.3, 0.4) is 0 Å². The Kier molecular flexibility index (Phi) is 7.44. The monoisotopic (exact) mass is 513 g/mol. The normalized spacial score (nSPS) is 24.2. The third-order valence-electron chi connectivity index (χ3n) is 6.02. The van der Waals surface area contributed by atoms with Crippen LogP contribution < -0.4 is 21.1 Å². The van der Waals surface area contributed by atoms with E-state index in [2.05, 4.69) is 22.5 Å². The van der Waals surface area contributed by atoms with E-state index >= 15 is 0 Å². The summed E-state index contributed by atoms with van der Waals surface area (Å²) in [6, 6.07) is 4.47. The Labute approximate surface area is 212 Å². The molecular formula is C24H27N5O6S. The van der Waals surface area contributed by atoms with Gasteiger partial charge in [-0.2, -0.15) is 0 Å². The Morgan fingerprint density at radius 1 is 1.36 bits per heavy atom.